The SMILES string of the molecule is CC(C)C1(c2nc3ccc(O)cc3[nH]2)CCNC1. The maximum atomic E-state index is 9.52. The van der Waals surface area contributed by atoms with E-state index in [1.54, 1.807) is 12.1 Å². The molecule has 0 aliphatic carbocycles. The van der Waals surface area contributed by atoms with Crippen LogP contribution in [0, 0.1) is 5.92 Å². The van der Waals surface area contributed by atoms with Gasteiger partial charge in [-0.1, -0.05) is 13.8 Å². The molecule has 4 nitrogen and oxygen atoms in total. The van der Waals surface area contributed by atoms with Gasteiger partial charge < -0.3 is 15.4 Å². The molecule has 1 aliphatic rings. The van der Waals surface area contributed by atoms with Crippen LogP contribution in [0.4, 0.5) is 0 Å². The largest absolute Gasteiger partial charge is 0.508 e. The van der Waals surface area contributed by atoms with Crippen LogP contribution in [0.25, 0.3) is 11.0 Å². The van der Waals surface area contributed by atoms with Crippen molar-refractivity contribution in [1.82, 2.24) is 15.3 Å². The minimum absolute atomic E-state index is 0.0919. The summed E-state index contributed by atoms with van der Waals surface area (Å²) >= 11 is 0. The van der Waals surface area contributed by atoms with E-state index in [1.807, 2.05) is 6.07 Å². The third-order valence-corrected chi connectivity index (χ3v) is 4.23. The van der Waals surface area contributed by atoms with Crippen molar-refractivity contribution < 1.29 is 5.11 Å². The molecule has 3 N–H and O–H groups in total. The summed E-state index contributed by atoms with van der Waals surface area (Å²) in [6, 6.07) is 5.28. The van der Waals surface area contributed by atoms with Crippen LogP contribution in [-0.4, -0.2) is 28.2 Å². The number of benzene rings is 1. The Hall–Kier alpha value is -1.55. The topological polar surface area (TPSA) is 60.9 Å². The zero-order chi connectivity index (χ0) is 12.8. The number of phenols is 1. The lowest BCUT2D eigenvalue weighted by Crippen LogP contribution is -2.35. The van der Waals surface area contributed by atoms with Gasteiger partial charge in [0.2, 0.25) is 0 Å². The number of aromatic hydroxyl groups is 1. The van der Waals surface area contributed by atoms with Crippen molar-refractivity contribution in [1.29, 1.82) is 0 Å². The Labute approximate surface area is 106 Å². The first-order valence-electron chi connectivity index (χ1n) is 6.52. The number of phenolic OH excluding ortho intramolecular Hbond substituents is 1. The van der Waals surface area contributed by atoms with E-state index in [4.69, 9.17) is 4.98 Å². The van der Waals surface area contributed by atoms with E-state index in [1.165, 1.54) is 0 Å². The molecule has 0 saturated carbocycles. The van der Waals surface area contributed by atoms with Gasteiger partial charge >= 0.3 is 0 Å². The number of nitrogens with zero attached hydrogens (tertiary/aromatic N) is 1. The van der Waals surface area contributed by atoms with Crippen molar-refractivity contribution in [2.24, 2.45) is 5.92 Å². The van der Waals surface area contributed by atoms with Crippen LogP contribution in [0.15, 0.2) is 18.2 Å². The summed E-state index contributed by atoms with van der Waals surface area (Å²) in [6.07, 6.45) is 1.11. The van der Waals surface area contributed by atoms with Crippen molar-refractivity contribution >= 4 is 11.0 Å². The molecule has 2 heterocycles. The quantitative estimate of drug-likeness (QED) is 0.759. The average Bonchev–Trinajstić information content (AvgIpc) is 2.94. The summed E-state index contributed by atoms with van der Waals surface area (Å²) in [5, 5.41) is 13.0. The van der Waals surface area contributed by atoms with E-state index >= 15 is 0 Å². The number of fused-ring (bicyclic) bond motifs is 1. The predicted octanol–water partition coefficient (Wildman–Crippen LogP) is 2.16. The molecule has 0 amide bonds. The van der Waals surface area contributed by atoms with Crippen LogP contribution in [-0.2, 0) is 5.41 Å². The summed E-state index contributed by atoms with van der Waals surface area (Å²) < 4.78 is 0. The zero-order valence-corrected chi connectivity index (χ0v) is 10.8. The van der Waals surface area contributed by atoms with Crippen molar-refractivity contribution in [3.8, 4) is 5.75 Å². The molecule has 1 unspecified atom stereocenters. The Kier molecular flexibility index (Phi) is 2.55. The third kappa shape index (κ3) is 1.60. The molecule has 3 rings (SSSR count). The van der Waals surface area contributed by atoms with E-state index in [-0.39, 0.29) is 11.2 Å². The average molecular weight is 245 g/mol. The Morgan fingerprint density at radius 3 is 2.89 bits per heavy atom. The standard InChI is InChI=1S/C14H19N3O/c1-9(2)14(5-6-15-8-14)13-16-11-4-3-10(18)7-12(11)17-13/h3-4,7,9,15,18H,5-6,8H2,1-2H3,(H,16,17). The number of H-pyrrole nitrogens is 1. The van der Waals surface area contributed by atoms with Gasteiger partial charge in [0.05, 0.1) is 11.0 Å². The van der Waals surface area contributed by atoms with Gasteiger partial charge in [0.1, 0.15) is 11.6 Å². The van der Waals surface area contributed by atoms with E-state index in [0.29, 0.717) is 5.92 Å². The molecule has 4 heteroatoms. The van der Waals surface area contributed by atoms with Crippen molar-refractivity contribution in [3.05, 3.63) is 24.0 Å². The Balaban J connectivity index is 2.12. The summed E-state index contributed by atoms with van der Waals surface area (Å²) in [4.78, 5) is 8.11. The number of rotatable bonds is 2. The van der Waals surface area contributed by atoms with E-state index in [2.05, 4.69) is 24.1 Å². The smallest absolute Gasteiger partial charge is 0.117 e. The molecular weight excluding hydrogens is 226 g/mol. The van der Waals surface area contributed by atoms with Crippen LogP contribution in [0.3, 0.4) is 0 Å². The molecule has 1 atom stereocenters. The van der Waals surface area contributed by atoms with Crippen molar-refractivity contribution in [2.45, 2.75) is 25.7 Å². The molecule has 0 radical (unpaired) electrons. The maximum Gasteiger partial charge on any atom is 0.117 e. The molecule has 96 valence electrons. The van der Waals surface area contributed by atoms with Crippen LogP contribution in [0.5, 0.6) is 5.75 Å². The van der Waals surface area contributed by atoms with Crippen LogP contribution in [0.1, 0.15) is 26.1 Å². The van der Waals surface area contributed by atoms with Gasteiger partial charge in [-0.3, -0.25) is 0 Å². The predicted molar refractivity (Wildman–Crippen MR) is 71.8 cm³/mol. The molecule has 0 spiro atoms. The normalized spacial score (nSPS) is 24.2. The number of aromatic nitrogens is 2. The maximum absolute atomic E-state index is 9.52. The van der Waals surface area contributed by atoms with E-state index in [9.17, 15) is 5.11 Å². The molecule has 0 bridgehead atoms. The van der Waals surface area contributed by atoms with E-state index in [0.717, 1.165) is 36.4 Å². The molecule has 1 aromatic heterocycles. The monoisotopic (exact) mass is 245 g/mol. The number of nitrogens with one attached hydrogen (secondary N) is 2. The fourth-order valence-electron chi connectivity index (χ4n) is 2.91. The fraction of sp³-hybridized carbons (Fsp3) is 0.500. The van der Waals surface area contributed by atoms with Crippen LogP contribution >= 0.6 is 0 Å². The van der Waals surface area contributed by atoms with Gasteiger partial charge in [0.15, 0.2) is 0 Å². The molecular formula is C14H19N3O. The Morgan fingerprint density at radius 1 is 1.39 bits per heavy atom. The minimum Gasteiger partial charge on any atom is -0.508 e. The molecule has 2 aromatic rings. The van der Waals surface area contributed by atoms with E-state index < -0.39 is 0 Å². The van der Waals surface area contributed by atoms with Gasteiger partial charge in [0.25, 0.3) is 0 Å². The van der Waals surface area contributed by atoms with Gasteiger partial charge in [0, 0.05) is 18.0 Å². The zero-order valence-electron chi connectivity index (χ0n) is 10.8. The lowest BCUT2D eigenvalue weighted by Gasteiger charge is -2.30. The first-order valence-corrected chi connectivity index (χ1v) is 6.52. The highest BCUT2D eigenvalue weighted by atomic mass is 16.3. The van der Waals surface area contributed by atoms with Crippen molar-refractivity contribution in [2.75, 3.05) is 13.1 Å². The summed E-state index contributed by atoms with van der Waals surface area (Å²) in [5.41, 5.74) is 1.93. The van der Waals surface area contributed by atoms with Gasteiger partial charge in [-0.05, 0) is 31.0 Å². The summed E-state index contributed by atoms with van der Waals surface area (Å²) in [7, 11) is 0. The third-order valence-electron chi connectivity index (χ3n) is 4.23. The molecule has 1 aliphatic heterocycles. The fourth-order valence-corrected chi connectivity index (χ4v) is 2.91. The van der Waals surface area contributed by atoms with Gasteiger partial charge in [-0.2, -0.15) is 0 Å². The second-order valence-electron chi connectivity index (χ2n) is 5.52. The highest BCUT2D eigenvalue weighted by molar-refractivity contribution is 5.77. The number of hydrogen-bond acceptors (Lipinski definition) is 3. The highest BCUT2D eigenvalue weighted by Gasteiger charge is 2.41. The summed E-state index contributed by atoms with van der Waals surface area (Å²) in [5.74, 6) is 1.85. The molecule has 1 fully saturated rings. The first-order chi connectivity index (χ1) is 8.62. The second-order valence-corrected chi connectivity index (χ2v) is 5.52. The summed E-state index contributed by atoms with van der Waals surface area (Å²) in [6.45, 7) is 6.51. The van der Waals surface area contributed by atoms with Gasteiger partial charge in [-0.15, -0.1) is 0 Å². The number of hydrogen-bond donors (Lipinski definition) is 3. The Morgan fingerprint density at radius 2 is 2.22 bits per heavy atom. The molecule has 1 aromatic carbocycles. The Bertz CT molecular complexity index is 567. The molecule has 18 heavy (non-hydrogen) atoms. The van der Waals surface area contributed by atoms with Crippen molar-refractivity contribution in [3.63, 3.8) is 0 Å². The second kappa shape index (κ2) is 3.99. The van der Waals surface area contributed by atoms with Crippen LogP contribution < -0.4 is 5.32 Å². The number of imidazole rings is 1. The number of aromatic amines is 1. The van der Waals surface area contributed by atoms with Gasteiger partial charge in [-0.25, -0.2) is 4.98 Å². The lowest BCUT2D eigenvalue weighted by atomic mass is 9.76. The lowest BCUT2D eigenvalue weighted by molar-refractivity contribution is 0.321. The first kappa shape index (κ1) is 11.5. The van der Waals surface area contributed by atoms with Crippen LogP contribution in [0.2, 0.25) is 0 Å². The molecule has 1 saturated heterocycles. The minimum atomic E-state index is 0.0919. The highest BCUT2D eigenvalue weighted by Crippen LogP contribution is 2.37.